The van der Waals surface area contributed by atoms with Crippen LogP contribution in [0.15, 0.2) is 29.3 Å². The van der Waals surface area contributed by atoms with E-state index in [0.29, 0.717) is 5.92 Å². The normalized spacial score (nSPS) is 18.4. The van der Waals surface area contributed by atoms with Gasteiger partial charge in [-0.2, -0.15) is 4.99 Å². The van der Waals surface area contributed by atoms with Crippen molar-refractivity contribution in [3.8, 4) is 5.75 Å². The Balaban J connectivity index is 2.28. The fourth-order valence-electron chi connectivity index (χ4n) is 2.38. The summed E-state index contributed by atoms with van der Waals surface area (Å²) in [6.45, 7) is 1.87. The number of para-hydroxylation sites is 1. The zero-order valence-electron chi connectivity index (χ0n) is 9.60. The second kappa shape index (κ2) is 5.62. The lowest BCUT2D eigenvalue weighted by Crippen LogP contribution is -2.30. The monoisotopic (exact) mass is 232 g/mol. The molecule has 0 aliphatic carbocycles. The topological polar surface area (TPSA) is 61.7 Å². The van der Waals surface area contributed by atoms with Crippen molar-refractivity contribution in [3.63, 3.8) is 0 Å². The number of piperidine rings is 1. The second-order valence-corrected chi connectivity index (χ2v) is 4.31. The molecule has 4 heteroatoms. The van der Waals surface area contributed by atoms with Gasteiger partial charge in [-0.1, -0.05) is 18.2 Å². The molecule has 1 aromatic carbocycles. The van der Waals surface area contributed by atoms with Crippen LogP contribution in [0.5, 0.6) is 5.75 Å². The first kappa shape index (κ1) is 11.8. The minimum absolute atomic E-state index is 0.204. The van der Waals surface area contributed by atoms with Crippen LogP contribution in [-0.2, 0) is 4.79 Å². The van der Waals surface area contributed by atoms with Crippen LogP contribution in [-0.4, -0.2) is 24.3 Å². The standard InChI is InChI=1S/C13H16N2O2/c16-9-15-13(10-5-7-14-8-6-10)11-3-1-2-4-12(11)17/h1-4,10,13-14,17H,5-8H2. The van der Waals surface area contributed by atoms with Crippen LogP contribution in [0.3, 0.4) is 0 Å². The summed E-state index contributed by atoms with van der Waals surface area (Å²) >= 11 is 0. The Bertz CT molecular complexity index is 421. The number of benzene rings is 1. The van der Waals surface area contributed by atoms with Gasteiger partial charge in [0.25, 0.3) is 0 Å². The minimum Gasteiger partial charge on any atom is -0.508 e. The highest BCUT2D eigenvalue weighted by Gasteiger charge is 2.26. The molecule has 1 saturated heterocycles. The van der Waals surface area contributed by atoms with Crippen molar-refractivity contribution in [2.24, 2.45) is 10.9 Å². The van der Waals surface area contributed by atoms with E-state index in [-0.39, 0.29) is 11.8 Å². The minimum atomic E-state index is -0.268. The van der Waals surface area contributed by atoms with Gasteiger partial charge in [0.15, 0.2) is 0 Å². The lowest BCUT2D eigenvalue weighted by Gasteiger charge is -2.27. The highest BCUT2D eigenvalue weighted by Crippen LogP contribution is 2.36. The number of aromatic hydroxyl groups is 1. The summed E-state index contributed by atoms with van der Waals surface area (Å²) in [5.41, 5.74) is 0.725. The van der Waals surface area contributed by atoms with Gasteiger partial charge in [-0.05, 0) is 37.9 Å². The van der Waals surface area contributed by atoms with Crippen LogP contribution in [0.2, 0.25) is 0 Å². The predicted molar refractivity (Wildman–Crippen MR) is 64.6 cm³/mol. The molecule has 0 radical (unpaired) electrons. The molecule has 1 aliphatic rings. The Labute approximate surface area is 100 Å². The average Bonchev–Trinajstić information content (AvgIpc) is 2.38. The molecule has 1 heterocycles. The van der Waals surface area contributed by atoms with Gasteiger partial charge in [-0.3, -0.25) is 0 Å². The van der Waals surface area contributed by atoms with Gasteiger partial charge in [0.1, 0.15) is 5.75 Å². The SMILES string of the molecule is O=C=NC(c1ccccc1O)C1CCNCC1. The molecule has 1 fully saturated rings. The van der Waals surface area contributed by atoms with Gasteiger partial charge in [-0.25, -0.2) is 4.79 Å². The summed E-state index contributed by atoms with van der Waals surface area (Å²) in [5, 5.41) is 13.1. The summed E-state index contributed by atoms with van der Waals surface area (Å²) in [7, 11) is 0. The molecule has 4 nitrogen and oxygen atoms in total. The predicted octanol–water partition coefficient (Wildman–Crippen LogP) is 1.77. The first-order valence-electron chi connectivity index (χ1n) is 5.88. The van der Waals surface area contributed by atoms with Crippen LogP contribution in [0.4, 0.5) is 0 Å². The Kier molecular flexibility index (Phi) is 3.91. The third kappa shape index (κ3) is 2.73. The van der Waals surface area contributed by atoms with E-state index in [2.05, 4.69) is 10.3 Å². The molecule has 0 spiro atoms. The van der Waals surface area contributed by atoms with Gasteiger partial charge in [0, 0.05) is 5.56 Å². The molecule has 90 valence electrons. The van der Waals surface area contributed by atoms with E-state index in [9.17, 15) is 9.90 Å². The van der Waals surface area contributed by atoms with Crippen molar-refractivity contribution in [1.82, 2.24) is 5.32 Å². The number of isocyanates is 1. The number of hydrogen-bond acceptors (Lipinski definition) is 4. The van der Waals surface area contributed by atoms with Gasteiger partial charge in [0.2, 0.25) is 6.08 Å². The van der Waals surface area contributed by atoms with Gasteiger partial charge >= 0.3 is 0 Å². The van der Waals surface area contributed by atoms with Crippen LogP contribution in [0, 0.1) is 5.92 Å². The first-order valence-corrected chi connectivity index (χ1v) is 5.88. The van der Waals surface area contributed by atoms with Gasteiger partial charge in [-0.15, -0.1) is 0 Å². The van der Waals surface area contributed by atoms with E-state index in [0.717, 1.165) is 31.5 Å². The molecule has 0 amide bonds. The number of aliphatic imine (C=N–C) groups is 1. The Morgan fingerprint density at radius 1 is 1.35 bits per heavy atom. The maximum absolute atomic E-state index is 10.6. The van der Waals surface area contributed by atoms with Crippen LogP contribution >= 0.6 is 0 Å². The molecular formula is C13H16N2O2. The largest absolute Gasteiger partial charge is 0.508 e. The quantitative estimate of drug-likeness (QED) is 0.616. The Hall–Kier alpha value is -1.64. The third-order valence-corrected chi connectivity index (χ3v) is 3.28. The second-order valence-electron chi connectivity index (χ2n) is 4.31. The molecule has 1 aromatic rings. The van der Waals surface area contributed by atoms with Crippen molar-refractivity contribution in [2.75, 3.05) is 13.1 Å². The average molecular weight is 232 g/mol. The van der Waals surface area contributed by atoms with E-state index in [4.69, 9.17) is 0 Å². The van der Waals surface area contributed by atoms with E-state index >= 15 is 0 Å². The molecule has 0 bridgehead atoms. The highest BCUT2D eigenvalue weighted by molar-refractivity contribution is 5.40. The summed E-state index contributed by atoms with van der Waals surface area (Å²) in [6.07, 6.45) is 3.56. The van der Waals surface area contributed by atoms with E-state index in [1.54, 1.807) is 18.2 Å². The molecule has 1 atom stereocenters. The molecule has 0 saturated carbocycles. The maximum Gasteiger partial charge on any atom is 0.235 e. The number of phenolic OH excluding ortho intramolecular Hbond substituents is 1. The molecule has 2 rings (SSSR count). The van der Waals surface area contributed by atoms with Crippen LogP contribution in [0.1, 0.15) is 24.4 Å². The lowest BCUT2D eigenvalue weighted by atomic mass is 9.86. The summed E-state index contributed by atoms with van der Waals surface area (Å²) in [6, 6.07) is 6.80. The fraction of sp³-hybridized carbons (Fsp3) is 0.462. The van der Waals surface area contributed by atoms with Crippen molar-refractivity contribution >= 4 is 6.08 Å². The van der Waals surface area contributed by atoms with Gasteiger partial charge in [0.05, 0.1) is 6.04 Å². The molecule has 17 heavy (non-hydrogen) atoms. The van der Waals surface area contributed by atoms with E-state index < -0.39 is 0 Å². The number of phenols is 1. The van der Waals surface area contributed by atoms with Crippen molar-refractivity contribution < 1.29 is 9.90 Å². The number of nitrogens with one attached hydrogen (secondary N) is 1. The maximum atomic E-state index is 10.6. The van der Waals surface area contributed by atoms with Crippen LogP contribution in [0.25, 0.3) is 0 Å². The molecule has 1 aliphatic heterocycles. The van der Waals surface area contributed by atoms with Gasteiger partial charge < -0.3 is 10.4 Å². The van der Waals surface area contributed by atoms with E-state index in [1.165, 1.54) is 0 Å². The molecule has 2 N–H and O–H groups in total. The molecule has 0 aromatic heterocycles. The van der Waals surface area contributed by atoms with Crippen LogP contribution < -0.4 is 5.32 Å². The highest BCUT2D eigenvalue weighted by atomic mass is 16.3. The Morgan fingerprint density at radius 3 is 2.71 bits per heavy atom. The number of carbonyl (C=O) groups excluding carboxylic acids is 1. The summed E-state index contributed by atoms with van der Waals surface area (Å²) < 4.78 is 0. The zero-order valence-corrected chi connectivity index (χ0v) is 9.60. The van der Waals surface area contributed by atoms with Crippen molar-refractivity contribution in [3.05, 3.63) is 29.8 Å². The number of rotatable bonds is 3. The lowest BCUT2D eigenvalue weighted by molar-refractivity contribution is 0.316. The summed E-state index contributed by atoms with van der Waals surface area (Å²) in [5.74, 6) is 0.501. The third-order valence-electron chi connectivity index (χ3n) is 3.28. The van der Waals surface area contributed by atoms with Crippen molar-refractivity contribution in [1.29, 1.82) is 0 Å². The molecule has 1 unspecified atom stereocenters. The zero-order chi connectivity index (χ0) is 12.1. The van der Waals surface area contributed by atoms with Crippen molar-refractivity contribution in [2.45, 2.75) is 18.9 Å². The number of hydrogen-bond donors (Lipinski definition) is 2. The van der Waals surface area contributed by atoms with E-state index in [1.807, 2.05) is 12.1 Å². The first-order chi connectivity index (χ1) is 8.33. The Morgan fingerprint density at radius 2 is 2.06 bits per heavy atom. The smallest absolute Gasteiger partial charge is 0.235 e. The number of nitrogens with zero attached hydrogens (tertiary/aromatic N) is 1. The molecular weight excluding hydrogens is 216 g/mol. The fourth-order valence-corrected chi connectivity index (χ4v) is 2.38. The summed E-state index contributed by atoms with van der Waals surface area (Å²) in [4.78, 5) is 14.4.